The Hall–Kier alpha value is -1.39. The zero-order valence-electron chi connectivity index (χ0n) is 11.6. The third-order valence-corrected chi connectivity index (χ3v) is 3.47. The van der Waals surface area contributed by atoms with Crippen molar-refractivity contribution in [2.45, 2.75) is 39.3 Å². The van der Waals surface area contributed by atoms with Gasteiger partial charge in [0.15, 0.2) is 0 Å². The number of hydrogen-bond acceptors (Lipinski definition) is 2. The summed E-state index contributed by atoms with van der Waals surface area (Å²) in [5.41, 5.74) is 2.42. The van der Waals surface area contributed by atoms with Gasteiger partial charge in [-0.1, -0.05) is 18.5 Å². The molecule has 0 amide bonds. The monoisotopic (exact) mass is 296 g/mol. The van der Waals surface area contributed by atoms with Gasteiger partial charge >= 0.3 is 0 Å². The van der Waals surface area contributed by atoms with Crippen LogP contribution in [0, 0.1) is 5.82 Å². The number of aliphatic hydroxyl groups excluding tert-OH is 1. The molecule has 1 heterocycles. The Morgan fingerprint density at radius 3 is 2.65 bits per heavy atom. The summed E-state index contributed by atoms with van der Waals surface area (Å²) in [6, 6.07) is 6.10. The second kappa shape index (κ2) is 6.37. The molecule has 0 saturated heterocycles. The predicted molar refractivity (Wildman–Crippen MR) is 77.4 cm³/mol. The zero-order chi connectivity index (χ0) is 14.7. The molecule has 1 unspecified atom stereocenters. The second-order valence-electron chi connectivity index (χ2n) is 4.72. The minimum Gasteiger partial charge on any atom is -0.388 e. The van der Waals surface area contributed by atoms with E-state index in [1.165, 1.54) is 12.1 Å². The molecule has 0 bridgehead atoms. The smallest absolute Gasteiger partial charge is 0.125 e. The van der Waals surface area contributed by atoms with Crippen LogP contribution in [0.2, 0.25) is 5.02 Å². The first-order valence-corrected chi connectivity index (χ1v) is 7.11. The summed E-state index contributed by atoms with van der Waals surface area (Å²) in [4.78, 5) is 0. The number of halogens is 2. The van der Waals surface area contributed by atoms with Gasteiger partial charge < -0.3 is 5.11 Å². The van der Waals surface area contributed by atoms with E-state index in [4.69, 9.17) is 11.6 Å². The number of benzene rings is 1. The van der Waals surface area contributed by atoms with Crippen molar-refractivity contribution in [3.8, 4) is 0 Å². The van der Waals surface area contributed by atoms with Crippen molar-refractivity contribution in [3.63, 3.8) is 0 Å². The van der Waals surface area contributed by atoms with Gasteiger partial charge in [-0.15, -0.1) is 0 Å². The summed E-state index contributed by atoms with van der Waals surface area (Å²) in [6.07, 6.45) is 0.442. The Kier molecular flexibility index (Phi) is 4.78. The summed E-state index contributed by atoms with van der Waals surface area (Å²) in [6.45, 7) is 4.78. The predicted octanol–water partition coefficient (Wildman–Crippen LogP) is 3.53. The van der Waals surface area contributed by atoms with Crippen LogP contribution in [0.1, 0.15) is 36.9 Å². The van der Waals surface area contributed by atoms with Crippen molar-refractivity contribution in [2.24, 2.45) is 0 Å². The van der Waals surface area contributed by atoms with Gasteiger partial charge in [-0.05, 0) is 43.2 Å². The van der Waals surface area contributed by atoms with Crippen LogP contribution in [0.3, 0.4) is 0 Å². The number of aliphatic hydroxyl groups is 1. The summed E-state index contributed by atoms with van der Waals surface area (Å²) in [7, 11) is 0. The molecule has 0 aliphatic rings. The molecular weight excluding hydrogens is 279 g/mol. The fourth-order valence-corrected chi connectivity index (χ4v) is 2.44. The summed E-state index contributed by atoms with van der Waals surface area (Å²) < 4.78 is 15.2. The molecule has 0 fully saturated rings. The Labute approximate surface area is 123 Å². The van der Waals surface area contributed by atoms with Crippen LogP contribution >= 0.6 is 11.6 Å². The van der Waals surface area contributed by atoms with Crippen LogP contribution in [0.15, 0.2) is 24.3 Å². The highest BCUT2D eigenvalue weighted by Crippen LogP contribution is 2.23. The summed E-state index contributed by atoms with van der Waals surface area (Å²) >= 11 is 5.81. The number of aromatic nitrogens is 2. The summed E-state index contributed by atoms with van der Waals surface area (Å²) in [5, 5.41) is 15.0. The maximum atomic E-state index is 13.3. The van der Waals surface area contributed by atoms with E-state index in [1.54, 1.807) is 6.07 Å². The van der Waals surface area contributed by atoms with Gasteiger partial charge in [0.1, 0.15) is 5.82 Å². The standard InChI is InChI=1S/C15H18ClFN2O/c1-3-13-8-14(19(4-2)18-13)9-15(20)10-5-11(16)7-12(17)6-10/h5-8,15,20H,3-4,9H2,1-2H3. The minimum atomic E-state index is -0.796. The highest BCUT2D eigenvalue weighted by molar-refractivity contribution is 6.30. The molecule has 20 heavy (non-hydrogen) atoms. The average Bonchev–Trinajstić information content (AvgIpc) is 2.79. The van der Waals surface area contributed by atoms with Crippen LogP contribution in [0.25, 0.3) is 0 Å². The van der Waals surface area contributed by atoms with Gasteiger partial charge in [0.2, 0.25) is 0 Å². The molecule has 3 nitrogen and oxygen atoms in total. The quantitative estimate of drug-likeness (QED) is 0.916. The molecule has 0 spiro atoms. The average molecular weight is 297 g/mol. The molecule has 1 aromatic carbocycles. The summed E-state index contributed by atoms with van der Waals surface area (Å²) in [5.74, 6) is -0.440. The molecular formula is C15H18ClFN2O. The van der Waals surface area contributed by atoms with Crippen LogP contribution in [0.4, 0.5) is 4.39 Å². The molecule has 1 N–H and O–H groups in total. The molecule has 0 aliphatic carbocycles. The molecule has 2 rings (SSSR count). The SMILES string of the molecule is CCc1cc(CC(O)c2cc(F)cc(Cl)c2)n(CC)n1. The van der Waals surface area contributed by atoms with E-state index in [-0.39, 0.29) is 5.02 Å². The van der Waals surface area contributed by atoms with E-state index in [9.17, 15) is 9.50 Å². The molecule has 0 radical (unpaired) electrons. The number of hydrogen-bond donors (Lipinski definition) is 1. The molecule has 0 saturated carbocycles. The van der Waals surface area contributed by atoms with E-state index >= 15 is 0 Å². The lowest BCUT2D eigenvalue weighted by molar-refractivity contribution is 0.175. The van der Waals surface area contributed by atoms with Gasteiger partial charge in [0.05, 0.1) is 11.8 Å². The maximum Gasteiger partial charge on any atom is 0.125 e. The second-order valence-corrected chi connectivity index (χ2v) is 5.16. The fourth-order valence-electron chi connectivity index (χ4n) is 2.21. The van der Waals surface area contributed by atoms with Crippen molar-refractivity contribution in [1.29, 1.82) is 0 Å². The van der Waals surface area contributed by atoms with Crippen molar-refractivity contribution in [3.05, 3.63) is 52.1 Å². The highest BCUT2D eigenvalue weighted by atomic mass is 35.5. The van der Waals surface area contributed by atoms with Gasteiger partial charge in [0.25, 0.3) is 0 Å². The van der Waals surface area contributed by atoms with Gasteiger partial charge in [0, 0.05) is 23.7 Å². The third kappa shape index (κ3) is 3.38. The lowest BCUT2D eigenvalue weighted by atomic mass is 10.0. The first-order valence-electron chi connectivity index (χ1n) is 6.73. The van der Waals surface area contributed by atoms with E-state index in [1.807, 2.05) is 24.6 Å². The Bertz CT molecular complexity index is 577. The van der Waals surface area contributed by atoms with Gasteiger partial charge in [-0.25, -0.2) is 4.39 Å². The molecule has 108 valence electrons. The first kappa shape index (κ1) is 15.0. The van der Waals surface area contributed by atoms with Crippen molar-refractivity contribution >= 4 is 11.6 Å². The molecule has 2 aromatic rings. The minimum absolute atomic E-state index is 0.289. The first-order chi connectivity index (χ1) is 9.53. The van der Waals surface area contributed by atoms with E-state index in [0.29, 0.717) is 12.0 Å². The van der Waals surface area contributed by atoms with Crippen LogP contribution < -0.4 is 0 Å². The van der Waals surface area contributed by atoms with Crippen LogP contribution in [-0.2, 0) is 19.4 Å². The largest absolute Gasteiger partial charge is 0.388 e. The van der Waals surface area contributed by atoms with Crippen LogP contribution in [0.5, 0.6) is 0 Å². The fraction of sp³-hybridized carbons (Fsp3) is 0.400. The lowest BCUT2D eigenvalue weighted by Gasteiger charge is -2.12. The normalized spacial score (nSPS) is 12.7. The van der Waals surface area contributed by atoms with E-state index in [0.717, 1.165) is 24.4 Å². The number of nitrogens with zero attached hydrogens (tertiary/aromatic N) is 2. The molecule has 1 atom stereocenters. The number of aryl methyl sites for hydroxylation is 2. The highest BCUT2D eigenvalue weighted by Gasteiger charge is 2.14. The van der Waals surface area contributed by atoms with Crippen LogP contribution in [-0.4, -0.2) is 14.9 Å². The Morgan fingerprint density at radius 2 is 2.05 bits per heavy atom. The topological polar surface area (TPSA) is 38.0 Å². The van der Waals surface area contributed by atoms with Crippen molar-refractivity contribution in [1.82, 2.24) is 9.78 Å². The van der Waals surface area contributed by atoms with E-state index < -0.39 is 11.9 Å². The molecule has 5 heteroatoms. The van der Waals surface area contributed by atoms with Gasteiger partial charge in [-0.2, -0.15) is 5.10 Å². The Balaban J connectivity index is 2.22. The van der Waals surface area contributed by atoms with E-state index in [2.05, 4.69) is 5.10 Å². The third-order valence-electron chi connectivity index (χ3n) is 3.25. The van der Waals surface area contributed by atoms with Crippen molar-refractivity contribution < 1.29 is 9.50 Å². The van der Waals surface area contributed by atoms with Gasteiger partial charge in [-0.3, -0.25) is 4.68 Å². The van der Waals surface area contributed by atoms with Crippen molar-refractivity contribution in [2.75, 3.05) is 0 Å². The Morgan fingerprint density at radius 1 is 1.30 bits per heavy atom. The lowest BCUT2D eigenvalue weighted by Crippen LogP contribution is -2.08. The zero-order valence-corrected chi connectivity index (χ0v) is 12.4. The molecule has 1 aromatic heterocycles. The maximum absolute atomic E-state index is 13.3. The number of rotatable bonds is 5. The molecule has 0 aliphatic heterocycles.